The van der Waals surface area contributed by atoms with E-state index in [0.717, 1.165) is 30.4 Å². The normalized spacial score (nSPS) is 17.3. The maximum atomic E-state index is 13.4. The van der Waals surface area contributed by atoms with E-state index in [1.165, 1.54) is 29.6 Å². The molecule has 3 N–H and O–H groups in total. The van der Waals surface area contributed by atoms with E-state index in [1.807, 2.05) is 30.3 Å². The average molecular weight is 609 g/mol. The van der Waals surface area contributed by atoms with Crippen LogP contribution in [0.2, 0.25) is 0 Å². The molecule has 17 heteroatoms. The zero-order valence-electron chi connectivity index (χ0n) is 19.3. The molecule has 4 rings (SSSR count). The van der Waals surface area contributed by atoms with Crippen LogP contribution in [0.5, 0.6) is 0 Å². The van der Waals surface area contributed by atoms with Crippen molar-refractivity contribution in [2.24, 2.45) is 0 Å². The van der Waals surface area contributed by atoms with Crippen LogP contribution in [0.3, 0.4) is 0 Å². The maximum absolute atomic E-state index is 13.4. The van der Waals surface area contributed by atoms with Crippen LogP contribution in [0.15, 0.2) is 58.2 Å². The van der Waals surface area contributed by atoms with Crippen LogP contribution < -0.4 is 5.48 Å². The van der Waals surface area contributed by atoms with Gasteiger partial charge in [0.1, 0.15) is 16.6 Å². The van der Waals surface area contributed by atoms with Crippen molar-refractivity contribution >= 4 is 61.5 Å². The Bertz CT molecular complexity index is 1390. The third-order valence-electron chi connectivity index (χ3n) is 5.47. The van der Waals surface area contributed by atoms with Gasteiger partial charge in [-0.2, -0.15) is 8.61 Å². The SMILES string of the molecule is Cl.O=C(NO)[C@H]1CN(S(=O)(=O)CCCSc2nc[nH]n2)CCN1S(=O)(=O)c1ccc(-c2ccccc2)s1. The maximum Gasteiger partial charge on any atom is 0.263 e. The number of hydrogen-bond donors (Lipinski definition) is 3. The second-order valence-corrected chi connectivity index (χ2v) is 14.1. The van der Waals surface area contributed by atoms with E-state index in [9.17, 15) is 26.8 Å². The highest BCUT2D eigenvalue weighted by Crippen LogP contribution is 2.33. The van der Waals surface area contributed by atoms with Crippen molar-refractivity contribution in [1.82, 2.24) is 29.3 Å². The molecule has 0 saturated carbocycles. The smallest absolute Gasteiger partial charge is 0.263 e. The number of H-pyrrole nitrogens is 1. The van der Waals surface area contributed by atoms with Gasteiger partial charge in [-0.3, -0.25) is 15.1 Å². The predicted molar refractivity (Wildman–Crippen MR) is 142 cm³/mol. The highest BCUT2D eigenvalue weighted by molar-refractivity contribution is 7.99. The van der Waals surface area contributed by atoms with E-state index in [2.05, 4.69) is 15.2 Å². The van der Waals surface area contributed by atoms with Gasteiger partial charge in [-0.15, -0.1) is 28.8 Å². The number of rotatable bonds is 10. The number of hydrogen-bond acceptors (Lipinski definition) is 10. The standard InChI is InChI=1S/C20H24N6O6S4.ClH/c27-19(24-28)16-13-25(35(29,30)12-4-11-33-20-21-14-22-23-20)9-10-26(16)36(31,32)18-8-7-17(34-18)15-5-2-1-3-6-15;/h1-3,5-8,14,16,28H,4,9-13H2,(H,24,27)(H,21,22,23);1H/t16-;/m1./s1. The number of aromatic nitrogens is 3. The molecule has 1 aliphatic heterocycles. The highest BCUT2D eigenvalue weighted by Gasteiger charge is 2.43. The van der Waals surface area contributed by atoms with Crippen LogP contribution in [0, 0.1) is 0 Å². The molecule has 2 aromatic heterocycles. The first-order valence-corrected chi connectivity index (χ1v) is 15.6. The van der Waals surface area contributed by atoms with Crippen LogP contribution in [-0.2, 0) is 24.8 Å². The fourth-order valence-corrected chi connectivity index (χ4v) is 9.11. The number of thiophene rings is 1. The summed E-state index contributed by atoms with van der Waals surface area (Å²) >= 11 is 2.36. The van der Waals surface area contributed by atoms with Crippen molar-refractivity contribution in [3.63, 3.8) is 0 Å². The second-order valence-electron chi connectivity index (χ2n) is 7.75. The number of carbonyl (C=O) groups excluding carboxylic acids is 1. The first kappa shape index (κ1) is 29.5. The lowest BCUT2D eigenvalue weighted by Gasteiger charge is -2.38. The minimum absolute atomic E-state index is 0. The molecular formula is C20H25ClN6O6S4. The average Bonchev–Trinajstić information content (AvgIpc) is 3.59. The summed E-state index contributed by atoms with van der Waals surface area (Å²) in [6.07, 6.45) is 1.74. The third kappa shape index (κ3) is 6.88. The van der Waals surface area contributed by atoms with Crippen LogP contribution >= 0.6 is 35.5 Å². The van der Waals surface area contributed by atoms with Gasteiger partial charge >= 0.3 is 0 Å². The molecule has 1 aliphatic rings. The minimum Gasteiger partial charge on any atom is -0.289 e. The molecule has 1 aromatic carbocycles. The van der Waals surface area contributed by atoms with Gasteiger partial charge in [0.05, 0.1) is 5.75 Å². The summed E-state index contributed by atoms with van der Waals surface area (Å²) in [5.41, 5.74) is 2.33. The Morgan fingerprint density at radius 1 is 1.16 bits per heavy atom. The van der Waals surface area contributed by atoms with E-state index >= 15 is 0 Å². The quantitative estimate of drug-likeness (QED) is 0.134. The van der Waals surface area contributed by atoms with Crippen molar-refractivity contribution in [2.75, 3.05) is 31.1 Å². The largest absolute Gasteiger partial charge is 0.289 e. The minimum atomic E-state index is -4.13. The Labute approximate surface area is 228 Å². The number of nitrogens with zero attached hydrogens (tertiary/aromatic N) is 4. The molecule has 37 heavy (non-hydrogen) atoms. The Kier molecular flexibility index (Phi) is 10.1. The summed E-state index contributed by atoms with van der Waals surface area (Å²) in [5, 5.41) is 16.2. The molecule has 0 radical (unpaired) electrons. The molecule has 1 amide bonds. The molecule has 0 bridgehead atoms. The van der Waals surface area contributed by atoms with Crippen LogP contribution in [0.1, 0.15) is 6.42 Å². The first-order chi connectivity index (χ1) is 17.2. The summed E-state index contributed by atoms with van der Waals surface area (Å²) in [7, 11) is -7.90. The number of halogens is 1. The summed E-state index contributed by atoms with van der Waals surface area (Å²) < 4.78 is 54.8. The molecule has 202 valence electrons. The number of carbonyl (C=O) groups is 1. The number of amides is 1. The van der Waals surface area contributed by atoms with Gasteiger partial charge < -0.3 is 0 Å². The molecule has 12 nitrogen and oxygen atoms in total. The molecule has 0 aliphatic carbocycles. The van der Waals surface area contributed by atoms with E-state index in [4.69, 9.17) is 0 Å². The second kappa shape index (κ2) is 12.7. The van der Waals surface area contributed by atoms with Gasteiger partial charge in [0, 0.05) is 30.3 Å². The number of benzene rings is 1. The number of aromatic amines is 1. The zero-order chi connectivity index (χ0) is 25.8. The topological polar surface area (TPSA) is 166 Å². The van der Waals surface area contributed by atoms with Crippen molar-refractivity contribution in [3.8, 4) is 10.4 Å². The van der Waals surface area contributed by atoms with Crippen molar-refractivity contribution in [2.45, 2.75) is 21.8 Å². The van der Waals surface area contributed by atoms with Gasteiger partial charge in [0.2, 0.25) is 15.2 Å². The van der Waals surface area contributed by atoms with Gasteiger partial charge in [-0.1, -0.05) is 42.1 Å². The molecule has 0 unspecified atom stereocenters. The van der Waals surface area contributed by atoms with E-state index in [0.29, 0.717) is 17.3 Å². The molecule has 1 fully saturated rings. The van der Waals surface area contributed by atoms with Crippen LogP contribution in [-0.4, -0.2) is 88.9 Å². The number of hydroxylamine groups is 1. The Morgan fingerprint density at radius 3 is 2.59 bits per heavy atom. The zero-order valence-corrected chi connectivity index (χ0v) is 23.3. The summed E-state index contributed by atoms with van der Waals surface area (Å²) in [5.74, 6) is -0.720. The van der Waals surface area contributed by atoms with Crippen LogP contribution in [0.25, 0.3) is 10.4 Å². The lowest BCUT2D eigenvalue weighted by atomic mass is 10.2. The van der Waals surface area contributed by atoms with Gasteiger partial charge in [-0.05, 0) is 24.1 Å². The number of nitrogens with one attached hydrogen (secondary N) is 2. The third-order valence-corrected chi connectivity index (χ3v) is 11.9. The first-order valence-electron chi connectivity index (χ1n) is 10.8. The highest BCUT2D eigenvalue weighted by atomic mass is 35.5. The Morgan fingerprint density at radius 2 is 1.92 bits per heavy atom. The summed E-state index contributed by atoms with van der Waals surface area (Å²) in [6.45, 7) is -0.745. The molecule has 0 spiro atoms. The summed E-state index contributed by atoms with van der Waals surface area (Å²) in [6, 6.07) is 11.0. The molecule has 1 saturated heterocycles. The van der Waals surface area contributed by atoms with E-state index in [-0.39, 0.29) is 35.5 Å². The van der Waals surface area contributed by atoms with E-state index < -0.39 is 38.5 Å². The van der Waals surface area contributed by atoms with Gasteiger partial charge in [0.15, 0.2) is 0 Å². The monoisotopic (exact) mass is 608 g/mol. The van der Waals surface area contributed by atoms with Crippen LogP contribution in [0.4, 0.5) is 0 Å². The lowest BCUT2D eigenvalue weighted by Crippen LogP contribution is -2.61. The Hall–Kier alpha value is -2.05. The van der Waals surface area contributed by atoms with Crippen molar-refractivity contribution < 1.29 is 26.8 Å². The lowest BCUT2D eigenvalue weighted by molar-refractivity contribution is -0.134. The van der Waals surface area contributed by atoms with Gasteiger partial charge in [0.25, 0.3) is 15.9 Å². The molecule has 3 heterocycles. The molecular weight excluding hydrogens is 584 g/mol. The predicted octanol–water partition coefficient (Wildman–Crippen LogP) is 1.65. The number of sulfonamides is 2. The summed E-state index contributed by atoms with van der Waals surface area (Å²) in [4.78, 5) is 17.1. The van der Waals surface area contributed by atoms with Gasteiger partial charge in [-0.25, -0.2) is 27.3 Å². The number of piperazine rings is 1. The van der Waals surface area contributed by atoms with E-state index in [1.54, 1.807) is 6.07 Å². The fraction of sp³-hybridized carbons (Fsp3) is 0.350. The number of thioether (sulfide) groups is 1. The van der Waals surface area contributed by atoms with Crippen molar-refractivity contribution in [3.05, 3.63) is 48.8 Å². The fourth-order valence-electron chi connectivity index (χ4n) is 3.70. The molecule has 3 aromatic rings. The van der Waals surface area contributed by atoms with Crippen molar-refractivity contribution in [1.29, 1.82) is 0 Å². The molecule has 1 atom stereocenters. The Balaban J connectivity index is 0.00000380.